The van der Waals surface area contributed by atoms with Gasteiger partial charge in [0.05, 0.1) is 25.1 Å². The number of ether oxygens (including phenoxy) is 2. The van der Waals surface area contributed by atoms with Gasteiger partial charge in [-0.2, -0.15) is 0 Å². The van der Waals surface area contributed by atoms with Crippen LogP contribution in [0, 0.1) is 0 Å². The Morgan fingerprint density at radius 1 is 1.17 bits per heavy atom. The van der Waals surface area contributed by atoms with Crippen LogP contribution in [0.15, 0.2) is 46.3 Å². The molecule has 4 rings (SSSR count). The standard InChI is InChI=1S/C21H21N3O4S/c1-27-17-7-4-13(10-18(17)28-2)12-22-19(25)14-5-6-15-16(11-14)23-21-24(20(15)26)8-3-9-29-21/h4-7,10-11H,3,8-9,12H2,1-2H3,(H,22,25). The second-order valence-corrected chi connectivity index (χ2v) is 7.72. The number of rotatable bonds is 5. The molecule has 0 unspecified atom stereocenters. The normalized spacial score (nSPS) is 13.0. The summed E-state index contributed by atoms with van der Waals surface area (Å²) in [6.07, 6.45) is 0.960. The molecule has 2 heterocycles. The monoisotopic (exact) mass is 411 g/mol. The molecule has 8 heteroatoms. The van der Waals surface area contributed by atoms with E-state index in [-0.39, 0.29) is 11.5 Å². The van der Waals surface area contributed by atoms with Gasteiger partial charge in [-0.1, -0.05) is 17.8 Å². The number of benzene rings is 2. The first-order valence-corrected chi connectivity index (χ1v) is 10.3. The lowest BCUT2D eigenvalue weighted by molar-refractivity contribution is 0.0951. The first kappa shape index (κ1) is 19.3. The van der Waals surface area contributed by atoms with Crippen LogP contribution in [0.4, 0.5) is 0 Å². The zero-order valence-electron chi connectivity index (χ0n) is 16.2. The van der Waals surface area contributed by atoms with E-state index in [9.17, 15) is 9.59 Å². The molecule has 7 nitrogen and oxygen atoms in total. The topological polar surface area (TPSA) is 82.5 Å². The van der Waals surface area contributed by atoms with Crippen molar-refractivity contribution in [3.8, 4) is 11.5 Å². The Bertz CT molecular complexity index is 1140. The smallest absolute Gasteiger partial charge is 0.262 e. The van der Waals surface area contributed by atoms with Gasteiger partial charge in [-0.25, -0.2) is 4.98 Å². The number of hydrogen-bond acceptors (Lipinski definition) is 6. The van der Waals surface area contributed by atoms with E-state index < -0.39 is 0 Å². The molecule has 1 aliphatic rings. The Labute approximate surface area is 172 Å². The average Bonchev–Trinajstić information content (AvgIpc) is 2.77. The summed E-state index contributed by atoms with van der Waals surface area (Å²) < 4.78 is 12.2. The minimum absolute atomic E-state index is 0.0468. The third-order valence-electron chi connectivity index (χ3n) is 4.84. The van der Waals surface area contributed by atoms with Crippen LogP contribution < -0.4 is 20.3 Å². The third kappa shape index (κ3) is 3.80. The van der Waals surface area contributed by atoms with Gasteiger partial charge >= 0.3 is 0 Å². The van der Waals surface area contributed by atoms with Gasteiger partial charge in [0.2, 0.25) is 0 Å². The quantitative estimate of drug-likeness (QED) is 0.650. The van der Waals surface area contributed by atoms with Crippen LogP contribution in [-0.4, -0.2) is 35.4 Å². The highest BCUT2D eigenvalue weighted by Gasteiger charge is 2.16. The average molecular weight is 411 g/mol. The molecule has 1 N–H and O–H groups in total. The number of carbonyl (C=O) groups is 1. The molecule has 0 saturated heterocycles. The van der Waals surface area contributed by atoms with Crippen molar-refractivity contribution in [2.45, 2.75) is 24.7 Å². The van der Waals surface area contributed by atoms with E-state index in [1.54, 1.807) is 54.8 Å². The van der Waals surface area contributed by atoms with Crippen molar-refractivity contribution in [2.24, 2.45) is 0 Å². The van der Waals surface area contributed by atoms with E-state index in [1.807, 2.05) is 12.1 Å². The number of carbonyl (C=O) groups excluding carboxylic acids is 1. The van der Waals surface area contributed by atoms with Crippen LogP contribution in [0.5, 0.6) is 11.5 Å². The summed E-state index contributed by atoms with van der Waals surface area (Å²) in [5.41, 5.74) is 1.86. The SMILES string of the molecule is COc1ccc(CNC(=O)c2ccc3c(=O)n4c(nc3c2)SCCC4)cc1OC. The molecule has 1 aliphatic heterocycles. The Morgan fingerprint density at radius 3 is 2.79 bits per heavy atom. The molecule has 0 fully saturated rings. The minimum atomic E-state index is -0.228. The number of hydrogen-bond donors (Lipinski definition) is 1. The lowest BCUT2D eigenvalue weighted by atomic mass is 10.1. The number of thioether (sulfide) groups is 1. The lowest BCUT2D eigenvalue weighted by Gasteiger charge is -2.17. The number of fused-ring (bicyclic) bond motifs is 2. The van der Waals surface area contributed by atoms with E-state index >= 15 is 0 Å². The van der Waals surface area contributed by atoms with Crippen molar-refractivity contribution in [2.75, 3.05) is 20.0 Å². The zero-order chi connectivity index (χ0) is 20.4. The largest absolute Gasteiger partial charge is 0.493 e. The van der Waals surface area contributed by atoms with Crippen molar-refractivity contribution >= 4 is 28.6 Å². The van der Waals surface area contributed by atoms with Crippen molar-refractivity contribution in [1.82, 2.24) is 14.9 Å². The number of amides is 1. The Kier molecular flexibility index (Phi) is 5.44. The molecule has 2 aromatic carbocycles. The number of methoxy groups -OCH3 is 2. The molecule has 0 atom stereocenters. The summed E-state index contributed by atoms with van der Waals surface area (Å²) in [6, 6.07) is 10.5. The van der Waals surface area contributed by atoms with E-state index in [2.05, 4.69) is 10.3 Å². The van der Waals surface area contributed by atoms with E-state index in [4.69, 9.17) is 9.47 Å². The van der Waals surface area contributed by atoms with E-state index in [1.165, 1.54) is 0 Å². The van der Waals surface area contributed by atoms with Gasteiger partial charge < -0.3 is 14.8 Å². The molecule has 0 spiro atoms. The van der Waals surface area contributed by atoms with Gasteiger partial charge in [-0.3, -0.25) is 14.2 Å². The van der Waals surface area contributed by atoms with Crippen LogP contribution >= 0.6 is 11.8 Å². The third-order valence-corrected chi connectivity index (χ3v) is 5.90. The van der Waals surface area contributed by atoms with Gasteiger partial charge in [0, 0.05) is 24.4 Å². The Hall–Kier alpha value is -3.00. The summed E-state index contributed by atoms with van der Waals surface area (Å²) in [5, 5.41) is 4.15. The fraction of sp³-hybridized carbons (Fsp3) is 0.286. The van der Waals surface area contributed by atoms with Gasteiger partial charge in [0.1, 0.15) is 0 Å². The fourth-order valence-electron chi connectivity index (χ4n) is 3.31. The molecule has 29 heavy (non-hydrogen) atoms. The van der Waals surface area contributed by atoms with Gasteiger partial charge in [-0.15, -0.1) is 0 Å². The predicted octanol–water partition coefficient (Wildman–Crippen LogP) is 2.84. The maximum absolute atomic E-state index is 12.7. The van der Waals surface area contributed by atoms with Crippen LogP contribution in [0.1, 0.15) is 22.3 Å². The first-order valence-electron chi connectivity index (χ1n) is 9.27. The molecular formula is C21H21N3O4S. The summed E-state index contributed by atoms with van der Waals surface area (Å²) in [7, 11) is 3.15. The molecule has 150 valence electrons. The summed E-state index contributed by atoms with van der Waals surface area (Å²) in [6.45, 7) is 1.03. The molecule has 1 aromatic heterocycles. The first-order chi connectivity index (χ1) is 14.1. The highest BCUT2D eigenvalue weighted by atomic mass is 32.2. The van der Waals surface area contributed by atoms with Crippen LogP contribution in [0.2, 0.25) is 0 Å². The minimum Gasteiger partial charge on any atom is -0.493 e. The second-order valence-electron chi connectivity index (χ2n) is 6.66. The summed E-state index contributed by atoms with van der Waals surface area (Å²) >= 11 is 1.58. The molecule has 3 aromatic rings. The molecular weight excluding hydrogens is 390 g/mol. The summed E-state index contributed by atoms with van der Waals surface area (Å²) in [4.78, 5) is 29.9. The van der Waals surface area contributed by atoms with E-state index in [0.717, 1.165) is 22.9 Å². The second kappa shape index (κ2) is 8.16. The molecule has 0 aliphatic carbocycles. The molecule has 0 saturated carbocycles. The maximum atomic E-state index is 12.7. The fourth-order valence-corrected chi connectivity index (χ4v) is 4.26. The number of aromatic nitrogens is 2. The molecule has 1 amide bonds. The molecule has 0 bridgehead atoms. The van der Waals surface area contributed by atoms with Crippen molar-refractivity contribution < 1.29 is 14.3 Å². The highest BCUT2D eigenvalue weighted by molar-refractivity contribution is 7.99. The van der Waals surface area contributed by atoms with Gasteiger partial charge in [-0.05, 0) is 42.3 Å². The van der Waals surface area contributed by atoms with Crippen molar-refractivity contribution in [1.29, 1.82) is 0 Å². The van der Waals surface area contributed by atoms with E-state index in [0.29, 0.717) is 41.1 Å². The highest BCUT2D eigenvalue weighted by Crippen LogP contribution is 2.27. The van der Waals surface area contributed by atoms with Crippen LogP contribution in [0.25, 0.3) is 10.9 Å². The maximum Gasteiger partial charge on any atom is 0.262 e. The number of nitrogens with zero attached hydrogens (tertiary/aromatic N) is 2. The van der Waals surface area contributed by atoms with Gasteiger partial charge in [0.25, 0.3) is 11.5 Å². The zero-order valence-corrected chi connectivity index (χ0v) is 17.0. The lowest BCUT2D eigenvalue weighted by Crippen LogP contribution is -2.27. The Balaban J connectivity index is 1.55. The van der Waals surface area contributed by atoms with Crippen molar-refractivity contribution in [3.05, 3.63) is 57.9 Å². The Morgan fingerprint density at radius 2 is 2.00 bits per heavy atom. The van der Waals surface area contributed by atoms with Gasteiger partial charge in [0.15, 0.2) is 16.7 Å². The predicted molar refractivity (Wildman–Crippen MR) is 112 cm³/mol. The van der Waals surface area contributed by atoms with Crippen LogP contribution in [0.3, 0.4) is 0 Å². The van der Waals surface area contributed by atoms with Crippen LogP contribution in [-0.2, 0) is 13.1 Å². The summed E-state index contributed by atoms with van der Waals surface area (Å²) in [5.74, 6) is 1.96. The number of nitrogens with one attached hydrogen (secondary N) is 1. The van der Waals surface area contributed by atoms with Crippen molar-refractivity contribution in [3.63, 3.8) is 0 Å². The molecule has 0 radical (unpaired) electrons.